The van der Waals surface area contributed by atoms with Crippen molar-refractivity contribution in [2.75, 3.05) is 39.8 Å². The Morgan fingerprint density at radius 2 is 1.90 bits per heavy atom. The number of methoxy groups -OCH3 is 3. The quantitative estimate of drug-likeness (QED) is 0.623. The Labute approximate surface area is 184 Å². The molecule has 3 rings (SSSR count). The molecule has 0 bridgehead atoms. The van der Waals surface area contributed by atoms with Crippen LogP contribution in [0.5, 0.6) is 17.2 Å². The summed E-state index contributed by atoms with van der Waals surface area (Å²) in [6.45, 7) is 4.14. The Morgan fingerprint density at radius 1 is 1.10 bits per heavy atom. The molecule has 1 aliphatic rings. The average molecular weight is 431 g/mol. The molecule has 1 fully saturated rings. The summed E-state index contributed by atoms with van der Waals surface area (Å²) in [7, 11) is 4.97. The van der Waals surface area contributed by atoms with Crippen LogP contribution in [-0.4, -0.2) is 50.6 Å². The number of aryl methyl sites for hydroxylation is 1. The molecule has 162 valence electrons. The van der Waals surface area contributed by atoms with Gasteiger partial charge in [-0.15, -0.1) is 0 Å². The minimum absolute atomic E-state index is 0.161. The Balaban J connectivity index is 1.83. The van der Waals surface area contributed by atoms with Crippen molar-refractivity contribution < 1.29 is 18.9 Å². The zero-order chi connectivity index (χ0) is 21.5. The van der Waals surface area contributed by atoms with Crippen LogP contribution in [0.15, 0.2) is 36.4 Å². The molecule has 1 heterocycles. The van der Waals surface area contributed by atoms with Crippen LogP contribution in [0.4, 0.5) is 5.69 Å². The van der Waals surface area contributed by atoms with Crippen molar-refractivity contribution in [2.24, 2.45) is 0 Å². The minimum Gasteiger partial charge on any atom is -0.497 e. The molecule has 0 saturated carbocycles. The maximum Gasteiger partial charge on any atom is 0.173 e. The Hall–Kier alpha value is -2.51. The van der Waals surface area contributed by atoms with Gasteiger partial charge in [-0.1, -0.05) is 6.07 Å². The van der Waals surface area contributed by atoms with Gasteiger partial charge in [0.05, 0.1) is 33.1 Å². The summed E-state index contributed by atoms with van der Waals surface area (Å²) >= 11 is 5.81. The van der Waals surface area contributed by atoms with Crippen LogP contribution < -0.4 is 19.5 Å². The number of anilines is 1. The summed E-state index contributed by atoms with van der Waals surface area (Å²) in [5.41, 5.74) is 3.00. The van der Waals surface area contributed by atoms with Crippen molar-refractivity contribution >= 4 is 23.0 Å². The third kappa shape index (κ3) is 5.55. The molecule has 30 heavy (non-hydrogen) atoms. The molecule has 0 amide bonds. The third-order valence-corrected chi connectivity index (χ3v) is 5.55. The first kappa shape index (κ1) is 22.2. The Kier molecular flexibility index (Phi) is 7.76. The average Bonchev–Trinajstić information content (AvgIpc) is 3.26. The summed E-state index contributed by atoms with van der Waals surface area (Å²) in [5, 5.41) is 3.99. The molecule has 1 atom stereocenters. The molecule has 0 aromatic heterocycles. The first-order valence-electron chi connectivity index (χ1n) is 10.1. The van der Waals surface area contributed by atoms with Crippen molar-refractivity contribution in [2.45, 2.75) is 32.4 Å². The van der Waals surface area contributed by atoms with Crippen LogP contribution in [-0.2, 0) is 11.3 Å². The number of rotatable bonds is 8. The van der Waals surface area contributed by atoms with Crippen molar-refractivity contribution in [3.63, 3.8) is 0 Å². The van der Waals surface area contributed by atoms with Crippen molar-refractivity contribution in [3.05, 3.63) is 47.5 Å². The molecule has 1 saturated heterocycles. The molecule has 0 radical (unpaired) electrons. The molecule has 1 N–H and O–H groups in total. The van der Waals surface area contributed by atoms with Gasteiger partial charge >= 0.3 is 0 Å². The van der Waals surface area contributed by atoms with Crippen molar-refractivity contribution in [1.29, 1.82) is 0 Å². The first-order chi connectivity index (χ1) is 14.5. The van der Waals surface area contributed by atoms with Crippen molar-refractivity contribution in [3.8, 4) is 17.2 Å². The highest BCUT2D eigenvalue weighted by Gasteiger charge is 2.23. The highest BCUT2D eigenvalue weighted by molar-refractivity contribution is 7.80. The number of nitrogens with zero attached hydrogens (tertiary/aromatic N) is 1. The summed E-state index contributed by atoms with van der Waals surface area (Å²) < 4.78 is 22.3. The highest BCUT2D eigenvalue weighted by Crippen LogP contribution is 2.28. The predicted octanol–water partition coefficient (Wildman–Crippen LogP) is 4.40. The van der Waals surface area contributed by atoms with E-state index in [1.165, 1.54) is 0 Å². The van der Waals surface area contributed by atoms with Crippen molar-refractivity contribution in [1.82, 2.24) is 4.90 Å². The molecular formula is C23H30N2O4S. The van der Waals surface area contributed by atoms with E-state index in [0.717, 1.165) is 53.5 Å². The number of thiocarbonyl (C=S) groups is 1. The lowest BCUT2D eigenvalue weighted by atomic mass is 10.1. The van der Waals surface area contributed by atoms with Gasteiger partial charge in [0.15, 0.2) is 5.11 Å². The topological polar surface area (TPSA) is 52.2 Å². The maximum atomic E-state index is 5.87. The lowest BCUT2D eigenvalue weighted by Crippen LogP contribution is -2.39. The fraction of sp³-hybridized carbons (Fsp3) is 0.435. The molecule has 6 nitrogen and oxygen atoms in total. The SMILES string of the molecule is COc1ccc(CN(CC2CCCO2)C(=S)Nc2cc(C)ccc2OC)c(OC)c1. The van der Waals surface area contributed by atoms with E-state index in [-0.39, 0.29) is 6.10 Å². The normalized spacial score (nSPS) is 15.5. The second kappa shape index (κ2) is 10.5. The molecule has 2 aromatic rings. The van der Waals surface area contributed by atoms with Crippen LogP contribution in [0.3, 0.4) is 0 Å². The van der Waals surface area contributed by atoms with Gasteiger partial charge in [0.2, 0.25) is 0 Å². The highest BCUT2D eigenvalue weighted by atomic mass is 32.1. The maximum absolute atomic E-state index is 5.87. The van der Waals surface area contributed by atoms with E-state index in [2.05, 4.69) is 10.2 Å². The van der Waals surface area contributed by atoms with Gasteiger partial charge in [0.25, 0.3) is 0 Å². The van der Waals surface area contributed by atoms with E-state index < -0.39 is 0 Å². The molecule has 1 unspecified atom stereocenters. The Morgan fingerprint density at radius 3 is 2.57 bits per heavy atom. The summed E-state index contributed by atoms with van der Waals surface area (Å²) in [6.07, 6.45) is 2.27. The number of hydrogen-bond acceptors (Lipinski definition) is 5. The van der Waals surface area contributed by atoms with Gasteiger partial charge in [-0.2, -0.15) is 0 Å². The van der Waals surface area contributed by atoms with Crippen LogP contribution >= 0.6 is 12.2 Å². The number of benzene rings is 2. The monoisotopic (exact) mass is 430 g/mol. The minimum atomic E-state index is 0.161. The first-order valence-corrected chi connectivity index (χ1v) is 10.5. The van der Waals surface area contributed by atoms with E-state index in [0.29, 0.717) is 18.2 Å². The van der Waals surface area contributed by atoms with Crippen LogP contribution in [0, 0.1) is 6.92 Å². The fourth-order valence-electron chi connectivity index (χ4n) is 3.56. The largest absolute Gasteiger partial charge is 0.497 e. The molecule has 0 spiro atoms. The van der Waals surface area contributed by atoms with Gasteiger partial charge in [-0.05, 0) is 61.8 Å². The van der Waals surface area contributed by atoms with Gasteiger partial charge < -0.3 is 29.2 Å². The summed E-state index contributed by atoms with van der Waals surface area (Å²) in [6, 6.07) is 11.8. The molecule has 0 aliphatic carbocycles. The number of nitrogens with one attached hydrogen (secondary N) is 1. The van der Waals surface area contributed by atoms with E-state index in [4.69, 9.17) is 31.2 Å². The zero-order valence-electron chi connectivity index (χ0n) is 18.1. The third-order valence-electron chi connectivity index (χ3n) is 5.19. The second-order valence-corrected chi connectivity index (χ2v) is 7.71. The number of ether oxygens (including phenoxy) is 4. The summed E-state index contributed by atoms with van der Waals surface area (Å²) in [4.78, 5) is 2.12. The molecular weight excluding hydrogens is 400 g/mol. The van der Waals surface area contributed by atoms with Gasteiger partial charge in [-0.25, -0.2) is 0 Å². The molecule has 7 heteroatoms. The standard InChI is InChI=1S/C23H30N2O4S/c1-16-7-10-21(27-3)20(12-16)24-23(30)25(15-19-6-5-11-29-19)14-17-8-9-18(26-2)13-22(17)28-4/h7-10,12-13,19H,5-6,11,14-15H2,1-4H3,(H,24,30). The Bertz CT molecular complexity index is 868. The van der Waals surface area contributed by atoms with Gasteiger partial charge in [0.1, 0.15) is 17.2 Å². The van der Waals surface area contributed by atoms with E-state index in [1.807, 2.05) is 43.3 Å². The molecule has 2 aromatic carbocycles. The lowest BCUT2D eigenvalue weighted by Gasteiger charge is -2.29. The van der Waals surface area contributed by atoms with Crippen LogP contribution in [0.2, 0.25) is 0 Å². The van der Waals surface area contributed by atoms with Gasteiger partial charge in [0, 0.05) is 31.3 Å². The zero-order valence-corrected chi connectivity index (χ0v) is 18.9. The smallest absolute Gasteiger partial charge is 0.173 e. The fourth-order valence-corrected chi connectivity index (χ4v) is 3.80. The van der Waals surface area contributed by atoms with Crippen LogP contribution in [0.1, 0.15) is 24.0 Å². The lowest BCUT2D eigenvalue weighted by molar-refractivity contribution is 0.0903. The predicted molar refractivity (Wildman–Crippen MR) is 123 cm³/mol. The van der Waals surface area contributed by atoms with E-state index >= 15 is 0 Å². The summed E-state index contributed by atoms with van der Waals surface area (Å²) in [5.74, 6) is 2.27. The number of hydrogen-bond donors (Lipinski definition) is 1. The molecule has 1 aliphatic heterocycles. The van der Waals surface area contributed by atoms with Gasteiger partial charge in [-0.3, -0.25) is 0 Å². The second-order valence-electron chi connectivity index (χ2n) is 7.33. The van der Waals surface area contributed by atoms with E-state index in [9.17, 15) is 0 Å². The van der Waals surface area contributed by atoms with E-state index in [1.54, 1.807) is 21.3 Å². The van der Waals surface area contributed by atoms with Crippen LogP contribution in [0.25, 0.3) is 0 Å².